The van der Waals surface area contributed by atoms with Crippen molar-refractivity contribution < 1.29 is 9.84 Å². The number of thioether (sulfide) groups is 1. The van der Waals surface area contributed by atoms with Gasteiger partial charge in [0.15, 0.2) is 11.0 Å². The third kappa shape index (κ3) is 5.42. The second kappa shape index (κ2) is 9.17. The number of hydrogen-bond donors (Lipinski definition) is 1. The van der Waals surface area contributed by atoms with Crippen molar-refractivity contribution in [3.05, 3.63) is 42.5 Å². The zero-order chi connectivity index (χ0) is 18.3. The van der Waals surface area contributed by atoms with Crippen molar-refractivity contribution in [3.8, 4) is 11.4 Å². The molecule has 5 nitrogen and oxygen atoms in total. The molecule has 0 unspecified atom stereocenters. The molecule has 2 aromatic rings. The predicted molar refractivity (Wildman–Crippen MR) is 103 cm³/mol. The molecule has 0 bridgehead atoms. The van der Waals surface area contributed by atoms with Crippen molar-refractivity contribution in [2.45, 2.75) is 37.9 Å². The molecule has 2 rings (SSSR count). The first-order valence-electron chi connectivity index (χ1n) is 8.43. The van der Waals surface area contributed by atoms with Crippen LogP contribution in [0.25, 0.3) is 11.4 Å². The number of nitrogens with zero attached hydrogens (tertiary/aromatic N) is 3. The van der Waals surface area contributed by atoms with Crippen molar-refractivity contribution in [3.63, 3.8) is 0 Å². The van der Waals surface area contributed by atoms with Gasteiger partial charge in [0.1, 0.15) is 0 Å². The van der Waals surface area contributed by atoms with E-state index in [0.29, 0.717) is 19.8 Å². The third-order valence-electron chi connectivity index (χ3n) is 3.73. The second-order valence-corrected chi connectivity index (χ2v) is 7.78. The minimum absolute atomic E-state index is 0.0476. The quantitative estimate of drug-likeness (QED) is 0.421. The van der Waals surface area contributed by atoms with E-state index in [1.165, 1.54) is 5.56 Å². The monoisotopic (exact) mass is 361 g/mol. The van der Waals surface area contributed by atoms with E-state index >= 15 is 0 Å². The van der Waals surface area contributed by atoms with Gasteiger partial charge in [0.05, 0.1) is 19.8 Å². The fraction of sp³-hybridized carbons (Fsp3) is 0.474. The molecule has 0 aliphatic heterocycles. The number of hydrogen-bond acceptors (Lipinski definition) is 5. The maximum Gasteiger partial charge on any atom is 0.191 e. The summed E-state index contributed by atoms with van der Waals surface area (Å²) in [5.41, 5.74) is 2.47. The van der Waals surface area contributed by atoms with E-state index in [4.69, 9.17) is 9.84 Å². The molecule has 0 saturated heterocycles. The van der Waals surface area contributed by atoms with Crippen LogP contribution in [0.15, 0.2) is 42.1 Å². The number of ether oxygens (including phenoxy) is 1. The summed E-state index contributed by atoms with van der Waals surface area (Å²) in [7, 11) is 0. The van der Waals surface area contributed by atoms with Crippen molar-refractivity contribution in [2.24, 2.45) is 0 Å². The maximum absolute atomic E-state index is 8.73. The van der Waals surface area contributed by atoms with Crippen LogP contribution in [0.5, 0.6) is 0 Å². The van der Waals surface area contributed by atoms with Crippen LogP contribution in [0.3, 0.4) is 0 Å². The Hall–Kier alpha value is -1.63. The van der Waals surface area contributed by atoms with Crippen molar-refractivity contribution >= 4 is 11.8 Å². The fourth-order valence-electron chi connectivity index (χ4n) is 2.38. The Morgan fingerprint density at radius 1 is 1.20 bits per heavy atom. The summed E-state index contributed by atoms with van der Waals surface area (Å²) in [6, 6.07) is 8.50. The summed E-state index contributed by atoms with van der Waals surface area (Å²) in [6.07, 6.45) is 1.85. The van der Waals surface area contributed by atoms with E-state index in [9.17, 15) is 0 Å². The summed E-state index contributed by atoms with van der Waals surface area (Å²) >= 11 is 1.60. The Bertz CT molecular complexity index is 675. The molecule has 1 N–H and O–H groups in total. The molecule has 0 saturated carbocycles. The van der Waals surface area contributed by atoms with E-state index in [-0.39, 0.29) is 12.0 Å². The molecule has 1 aromatic carbocycles. The van der Waals surface area contributed by atoms with Crippen LogP contribution in [-0.2, 0) is 16.7 Å². The highest BCUT2D eigenvalue weighted by Gasteiger charge is 2.16. The normalized spacial score (nSPS) is 11.7. The molecule has 1 aromatic heterocycles. The lowest BCUT2D eigenvalue weighted by atomic mass is 9.87. The van der Waals surface area contributed by atoms with Gasteiger partial charge in [-0.2, -0.15) is 0 Å². The lowest BCUT2D eigenvalue weighted by Crippen LogP contribution is -2.10. The summed E-state index contributed by atoms with van der Waals surface area (Å²) < 4.78 is 7.36. The van der Waals surface area contributed by atoms with Crippen LogP contribution in [0.4, 0.5) is 0 Å². The molecule has 0 fully saturated rings. The minimum Gasteiger partial charge on any atom is -0.394 e. The number of aliphatic hydroxyl groups excluding tert-OH is 1. The van der Waals surface area contributed by atoms with Gasteiger partial charge in [0.25, 0.3) is 0 Å². The molecule has 0 radical (unpaired) electrons. The van der Waals surface area contributed by atoms with Gasteiger partial charge in [-0.05, 0) is 11.0 Å². The van der Waals surface area contributed by atoms with Gasteiger partial charge >= 0.3 is 0 Å². The van der Waals surface area contributed by atoms with Crippen molar-refractivity contribution in [1.29, 1.82) is 0 Å². The van der Waals surface area contributed by atoms with Gasteiger partial charge in [0, 0.05) is 17.9 Å². The highest BCUT2D eigenvalue weighted by atomic mass is 32.2. The predicted octanol–water partition coefficient (Wildman–Crippen LogP) is 3.53. The van der Waals surface area contributed by atoms with E-state index in [0.717, 1.165) is 22.3 Å². The van der Waals surface area contributed by atoms with Gasteiger partial charge in [-0.3, -0.25) is 4.57 Å². The average Bonchev–Trinajstić information content (AvgIpc) is 2.97. The Kier molecular flexibility index (Phi) is 7.23. The van der Waals surface area contributed by atoms with E-state index in [2.05, 4.69) is 66.4 Å². The minimum atomic E-state index is 0.0476. The number of allylic oxidation sites excluding steroid dienone is 1. The van der Waals surface area contributed by atoms with Gasteiger partial charge in [0.2, 0.25) is 0 Å². The number of aromatic nitrogens is 3. The number of aliphatic hydroxyl groups is 1. The third-order valence-corrected chi connectivity index (χ3v) is 4.66. The highest BCUT2D eigenvalue weighted by Crippen LogP contribution is 2.27. The van der Waals surface area contributed by atoms with E-state index in [1.807, 2.05) is 6.08 Å². The summed E-state index contributed by atoms with van der Waals surface area (Å²) in [6.45, 7) is 12.1. The molecule has 0 atom stereocenters. The summed E-state index contributed by atoms with van der Waals surface area (Å²) in [5.74, 6) is 1.61. The number of benzene rings is 1. The molecule has 6 heteroatoms. The maximum atomic E-state index is 8.73. The molecule has 0 spiro atoms. The lowest BCUT2D eigenvalue weighted by molar-refractivity contribution is 0.103. The Balaban J connectivity index is 2.16. The van der Waals surface area contributed by atoms with E-state index in [1.54, 1.807) is 11.8 Å². The zero-order valence-electron chi connectivity index (χ0n) is 15.2. The SMILES string of the molecule is C=CCn1c(SCCOCCO)nnc1-c1ccc(C(C)(C)C)cc1. The van der Waals surface area contributed by atoms with Crippen LogP contribution in [-0.4, -0.2) is 45.4 Å². The topological polar surface area (TPSA) is 60.2 Å². The highest BCUT2D eigenvalue weighted by molar-refractivity contribution is 7.99. The molecule has 0 aliphatic carbocycles. The van der Waals surface area contributed by atoms with Gasteiger partial charge < -0.3 is 9.84 Å². The zero-order valence-corrected chi connectivity index (χ0v) is 16.1. The first-order valence-corrected chi connectivity index (χ1v) is 9.42. The molecule has 1 heterocycles. The van der Waals surface area contributed by atoms with Crippen molar-refractivity contribution in [1.82, 2.24) is 14.8 Å². The van der Waals surface area contributed by atoms with Gasteiger partial charge in [-0.15, -0.1) is 16.8 Å². The summed E-state index contributed by atoms with van der Waals surface area (Å²) in [5, 5.41) is 18.3. The largest absolute Gasteiger partial charge is 0.394 e. The number of rotatable bonds is 9. The van der Waals surface area contributed by atoms with E-state index < -0.39 is 0 Å². The summed E-state index contributed by atoms with van der Waals surface area (Å²) in [4.78, 5) is 0. The fourth-order valence-corrected chi connectivity index (χ4v) is 3.18. The molecular weight excluding hydrogens is 334 g/mol. The smallest absolute Gasteiger partial charge is 0.191 e. The standard InChI is InChI=1S/C19H27N3O2S/c1-5-10-22-17(15-6-8-16(9-7-15)19(2,3)4)20-21-18(22)25-14-13-24-12-11-23/h5-9,23H,1,10-14H2,2-4H3. The first kappa shape index (κ1) is 19.7. The van der Waals surface area contributed by atoms with Gasteiger partial charge in [-0.1, -0.05) is 62.9 Å². The Morgan fingerprint density at radius 3 is 2.52 bits per heavy atom. The second-order valence-electron chi connectivity index (χ2n) is 6.72. The Labute approximate surface area is 154 Å². The molecule has 0 amide bonds. The molecule has 25 heavy (non-hydrogen) atoms. The van der Waals surface area contributed by atoms with Crippen LogP contribution < -0.4 is 0 Å². The first-order chi connectivity index (χ1) is 12.0. The lowest BCUT2D eigenvalue weighted by Gasteiger charge is -2.19. The molecular formula is C19H27N3O2S. The Morgan fingerprint density at radius 2 is 1.92 bits per heavy atom. The van der Waals surface area contributed by atoms with Crippen LogP contribution in [0, 0.1) is 0 Å². The molecule has 136 valence electrons. The van der Waals surface area contributed by atoms with Crippen LogP contribution >= 0.6 is 11.8 Å². The average molecular weight is 362 g/mol. The van der Waals surface area contributed by atoms with Crippen LogP contribution in [0.2, 0.25) is 0 Å². The van der Waals surface area contributed by atoms with Crippen molar-refractivity contribution in [2.75, 3.05) is 25.6 Å². The molecule has 0 aliphatic rings. The van der Waals surface area contributed by atoms with Crippen LogP contribution in [0.1, 0.15) is 26.3 Å². The van der Waals surface area contributed by atoms with Gasteiger partial charge in [-0.25, -0.2) is 0 Å².